The summed E-state index contributed by atoms with van der Waals surface area (Å²) in [7, 11) is 0. The lowest BCUT2D eigenvalue weighted by atomic mass is 9.84. The molecule has 2 fully saturated rings. The second-order valence-electron chi connectivity index (χ2n) is 5.96. The van der Waals surface area contributed by atoms with Crippen molar-refractivity contribution in [1.82, 2.24) is 10.3 Å². The predicted octanol–water partition coefficient (Wildman–Crippen LogP) is 2.94. The Balaban J connectivity index is 1.72. The van der Waals surface area contributed by atoms with E-state index in [-0.39, 0.29) is 0 Å². The SMILES string of the molecule is Nc1ncc([C@H]2C[C@@H]3CC[C@H]2N3)cc1-c1ccccc1. The van der Waals surface area contributed by atoms with Crippen LogP contribution in [-0.2, 0) is 0 Å². The lowest BCUT2D eigenvalue weighted by molar-refractivity contribution is 0.505. The van der Waals surface area contributed by atoms with Gasteiger partial charge in [-0.1, -0.05) is 30.3 Å². The predicted molar refractivity (Wildman–Crippen MR) is 81.4 cm³/mol. The van der Waals surface area contributed by atoms with Crippen molar-refractivity contribution in [3.8, 4) is 11.1 Å². The van der Waals surface area contributed by atoms with E-state index in [0.717, 1.165) is 11.1 Å². The van der Waals surface area contributed by atoms with Gasteiger partial charge < -0.3 is 11.1 Å². The van der Waals surface area contributed by atoms with E-state index in [1.165, 1.54) is 24.8 Å². The van der Waals surface area contributed by atoms with E-state index >= 15 is 0 Å². The Morgan fingerprint density at radius 1 is 1.15 bits per heavy atom. The summed E-state index contributed by atoms with van der Waals surface area (Å²) in [6.45, 7) is 0. The third-order valence-electron chi connectivity index (χ3n) is 4.75. The van der Waals surface area contributed by atoms with E-state index in [2.05, 4.69) is 28.5 Å². The number of hydrogen-bond donors (Lipinski definition) is 2. The Kier molecular flexibility index (Phi) is 2.74. The van der Waals surface area contributed by atoms with Crippen LogP contribution in [-0.4, -0.2) is 17.1 Å². The molecule has 4 rings (SSSR count). The van der Waals surface area contributed by atoms with Crippen LogP contribution >= 0.6 is 0 Å². The van der Waals surface area contributed by atoms with Crippen LogP contribution in [0.25, 0.3) is 11.1 Å². The fourth-order valence-electron chi connectivity index (χ4n) is 3.74. The molecule has 3 atom stereocenters. The number of anilines is 1. The molecule has 2 aliphatic heterocycles. The molecule has 0 spiro atoms. The van der Waals surface area contributed by atoms with Gasteiger partial charge in [-0.15, -0.1) is 0 Å². The maximum Gasteiger partial charge on any atom is 0.131 e. The molecule has 0 unspecified atom stereocenters. The highest BCUT2D eigenvalue weighted by molar-refractivity contribution is 5.74. The van der Waals surface area contributed by atoms with E-state index in [1.807, 2.05) is 24.4 Å². The lowest BCUT2D eigenvalue weighted by Gasteiger charge is -2.21. The molecular formula is C17H19N3. The van der Waals surface area contributed by atoms with Gasteiger partial charge in [-0.3, -0.25) is 0 Å². The number of rotatable bonds is 2. The number of nitrogens with one attached hydrogen (secondary N) is 1. The van der Waals surface area contributed by atoms with Gasteiger partial charge in [-0.25, -0.2) is 4.98 Å². The first-order valence-corrected chi connectivity index (χ1v) is 7.38. The molecule has 3 N–H and O–H groups in total. The second-order valence-corrected chi connectivity index (χ2v) is 5.96. The molecule has 3 heterocycles. The topological polar surface area (TPSA) is 50.9 Å². The Morgan fingerprint density at radius 3 is 2.70 bits per heavy atom. The first-order chi connectivity index (χ1) is 9.81. The van der Waals surface area contributed by atoms with Crippen LogP contribution in [0.1, 0.15) is 30.7 Å². The van der Waals surface area contributed by atoms with Gasteiger partial charge >= 0.3 is 0 Å². The monoisotopic (exact) mass is 265 g/mol. The summed E-state index contributed by atoms with van der Waals surface area (Å²) in [5, 5.41) is 3.69. The number of nitrogen functional groups attached to an aromatic ring is 1. The molecule has 0 aliphatic carbocycles. The molecule has 2 bridgehead atoms. The summed E-state index contributed by atoms with van der Waals surface area (Å²) in [4.78, 5) is 4.43. The standard InChI is InChI=1S/C17H19N3/c18-17-15(11-4-2-1-3-5-11)8-12(10-19-17)14-9-13-6-7-16(14)20-13/h1-5,8,10,13-14,16,20H,6-7,9H2,(H2,18,19)/t13-,14+,16+/m0/s1. The number of hydrogen-bond acceptors (Lipinski definition) is 3. The van der Waals surface area contributed by atoms with Crippen LogP contribution < -0.4 is 11.1 Å². The molecule has 2 aliphatic rings. The summed E-state index contributed by atoms with van der Waals surface area (Å²) >= 11 is 0. The maximum absolute atomic E-state index is 6.07. The van der Waals surface area contributed by atoms with Gasteiger partial charge in [-0.05, 0) is 36.5 Å². The Labute approximate surface area is 119 Å². The molecule has 1 aromatic heterocycles. The first-order valence-electron chi connectivity index (χ1n) is 7.38. The van der Waals surface area contributed by atoms with Crippen molar-refractivity contribution in [2.75, 3.05) is 5.73 Å². The van der Waals surface area contributed by atoms with E-state index in [9.17, 15) is 0 Å². The fourth-order valence-corrected chi connectivity index (χ4v) is 3.74. The fraction of sp³-hybridized carbons (Fsp3) is 0.353. The van der Waals surface area contributed by atoms with Crippen molar-refractivity contribution < 1.29 is 0 Å². The Bertz CT molecular complexity index is 623. The maximum atomic E-state index is 6.07. The molecule has 0 amide bonds. The number of aromatic nitrogens is 1. The minimum Gasteiger partial charge on any atom is -0.383 e. The average molecular weight is 265 g/mol. The van der Waals surface area contributed by atoms with Gasteiger partial charge in [0.05, 0.1) is 0 Å². The molecule has 0 saturated carbocycles. The highest BCUT2D eigenvalue weighted by Gasteiger charge is 2.39. The first kappa shape index (κ1) is 11.9. The summed E-state index contributed by atoms with van der Waals surface area (Å²) < 4.78 is 0. The van der Waals surface area contributed by atoms with Crippen molar-refractivity contribution >= 4 is 5.82 Å². The molecular weight excluding hydrogens is 246 g/mol. The number of benzene rings is 1. The molecule has 2 saturated heterocycles. The van der Waals surface area contributed by atoms with Crippen molar-refractivity contribution in [2.24, 2.45) is 0 Å². The highest BCUT2D eigenvalue weighted by Crippen LogP contribution is 2.41. The summed E-state index contributed by atoms with van der Waals surface area (Å²) in [6.07, 6.45) is 5.83. The summed E-state index contributed by atoms with van der Waals surface area (Å²) in [5.74, 6) is 1.22. The van der Waals surface area contributed by atoms with Crippen molar-refractivity contribution in [1.29, 1.82) is 0 Å². The highest BCUT2D eigenvalue weighted by atomic mass is 15.0. The van der Waals surface area contributed by atoms with Crippen LogP contribution in [0.15, 0.2) is 42.6 Å². The average Bonchev–Trinajstić information content (AvgIpc) is 3.11. The second kappa shape index (κ2) is 4.60. The number of fused-ring (bicyclic) bond motifs is 2. The molecule has 0 radical (unpaired) electrons. The zero-order valence-electron chi connectivity index (χ0n) is 11.4. The molecule has 1 aromatic carbocycles. The van der Waals surface area contributed by atoms with E-state index < -0.39 is 0 Å². The van der Waals surface area contributed by atoms with E-state index in [1.54, 1.807) is 0 Å². The molecule has 3 heteroatoms. The van der Waals surface area contributed by atoms with Crippen molar-refractivity contribution in [2.45, 2.75) is 37.3 Å². The summed E-state index contributed by atoms with van der Waals surface area (Å²) in [5.41, 5.74) is 9.61. The largest absolute Gasteiger partial charge is 0.383 e. The number of nitrogens with two attached hydrogens (primary N) is 1. The lowest BCUT2D eigenvalue weighted by Crippen LogP contribution is -2.21. The van der Waals surface area contributed by atoms with Gasteiger partial charge in [0.15, 0.2) is 0 Å². The zero-order valence-corrected chi connectivity index (χ0v) is 11.4. The quantitative estimate of drug-likeness (QED) is 0.877. The van der Waals surface area contributed by atoms with E-state index in [4.69, 9.17) is 5.73 Å². The molecule has 2 aromatic rings. The molecule has 20 heavy (non-hydrogen) atoms. The van der Waals surface area contributed by atoms with Crippen LogP contribution in [0.5, 0.6) is 0 Å². The molecule has 3 nitrogen and oxygen atoms in total. The molecule has 102 valence electrons. The van der Waals surface area contributed by atoms with Gasteiger partial charge in [0, 0.05) is 29.8 Å². The van der Waals surface area contributed by atoms with Crippen LogP contribution in [0.2, 0.25) is 0 Å². The van der Waals surface area contributed by atoms with Gasteiger partial charge in [0.2, 0.25) is 0 Å². The van der Waals surface area contributed by atoms with Crippen LogP contribution in [0.4, 0.5) is 5.82 Å². The Hall–Kier alpha value is -1.87. The van der Waals surface area contributed by atoms with Gasteiger partial charge in [0.25, 0.3) is 0 Å². The zero-order chi connectivity index (χ0) is 13.5. The number of pyridine rings is 1. The van der Waals surface area contributed by atoms with Gasteiger partial charge in [0.1, 0.15) is 5.82 Å². The third kappa shape index (κ3) is 1.90. The minimum absolute atomic E-state index is 0.601. The van der Waals surface area contributed by atoms with Crippen molar-refractivity contribution in [3.63, 3.8) is 0 Å². The van der Waals surface area contributed by atoms with Crippen LogP contribution in [0.3, 0.4) is 0 Å². The number of nitrogens with zero attached hydrogens (tertiary/aromatic N) is 1. The normalized spacial score (nSPS) is 27.9. The Morgan fingerprint density at radius 2 is 2.00 bits per heavy atom. The summed E-state index contributed by atoms with van der Waals surface area (Å²) in [6, 6.07) is 13.9. The van der Waals surface area contributed by atoms with Crippen molar-refractivity contribution in [3.05, 3.63) is 48.2 Å². The smallest absolute Gasteiger partial charge is 0.131 e. The van der Waals surface area contributed by atoms with E-state index in [0.29, 0.717) is 23.8 Å². The van der Waals surface area contributed by atoms with Crippen LogP contribution in [0, 0.1) is 0 Å². The third-order valence-corrected chi connectivity index (χ3v) is 4.75. The minimum atomic E-state index is 0.601. The van der Waals surface area contributed by atoms with Gasteiger partial charge in [-0.2, -0.15) is 0 Å².